The fraction of sp³-hybridized carbons (Fsp3) is 0.0909. The normalized spacial score (nSPS) is 10.0. The number of non-ortho nitro benzene ring substituents is 1. The molecule has 0 amide bonds. The van der Waals surface area contributed by atoms with Gasteiger partial charge in [-0.25, -0.2) is 4.68 Å². The minimum absolute atomic E-state index is 0.000885. The van der Waals surface area contributed by atoms with Crippen LogP contribution in [0.4, 0.5) is 5.69 Å². The molecule has 0 unspecified atom stereocenters. The molecule has 90 valence electrons. The molecule has 0 radical (unpaired) electrons. The van der Waals surface area contributed by atoms with Gasteiger partial charge in [0.1, 0.15) is 0 Å². The number of rotatable bonds is 3. The Hall–Kier alpha value is -2.20. The predicted octanol–water partition coefficient (Wildman–Crippen LogP) is 2.61. The van der Waals surface area contributed by atoms with E-state index in [2.05, 4.69) is 21.0 Å². The standard InChI is InChI=1S/C11H7BrN4O2/c12-10-7-15(14-11(10)4-5-13)8-2-1-3-9(6-8)16(17)18/h1-3,6-7H,4H2. The SMILES string of the molecule is N#CCc1nn(-c2cccc([N+](=O)[O-])c2)cc1Br. The molecule has 1 aromatic heterocycles. The fourth-order valence-corrected chi connectivity index (χ4v) is 1.88. The molecular formula is C11H7BrN4O2. The summed E-state index contributed by atoms with van der Waals surface area (Å²) in [5, 5.41) is 23.5. The molecule has 18 heavy (non-hydrogen) atoms. The average Bonchev–Trinajstić information content (AvgIpc) is 2.72. The monoisotopic (exact) mass is 306 g/mol. The van der Waals surface area contributed by atoms with Crippen LogP contribution in [0.2, 0.25) is 0 Å². The van der Waals surface area contributed by atoms with E-state index in [1.807, 2.05) is 6.07 Å². The van der Waals surface area contributed by atoms with Crippen LogP contribution in [0.1, 0.15) is 5.69 Å². The molecule has 0 aliphatic rings. The second-order valence-corrected chi connectivity index (χ2v) is 4.33. The van der Waals surface area contributed by atoms with Crippen LogP contribution < -0.4 is 0 Å². The van der Waals surface area contributed by atoms with Crippen LogP contribution in [0.25, 0.3) is 5.69 Å². The van der Waals surface area contributed by atoms with Gasteiger partial charge in [0.05, 0.1) is 33.3 Å². The summed E-state index contributed by atoms with van der Waals surface area (Å²) < 4.78 is 2.21. The number of aromatic nitrogens is 2. The van der Waals surface area contributed by atoms with E-state index in [1.54, 1.807) is 18.3 Å². The highest BCUT2D eigenvalue weighted by molar-refractivity contribution is 9.10. The van der Waals surface area contributed by atoms with Crippen LogP contribution in [0.3, 0.4) is 0 Å². The number of nitriles is 1. The van der Waals surface area contributed by atoms with Crippen LogP contribution in [0.5, 0.6) is 0 Å². The molecule has 6 nitrogen and oxygen atoms in total. The number of hydrogen-bond acceptors (Lipinski definition) is 4. The van der Waals surface area contributed by atoms with E-state index in [0.717, 1.165) is 0 Å². The molecule has 1 heterocycles. The second kappa shape index (κ2) is 4.98. The number of halogens is 1. The maximum Gasteiger partial charge on any atom is 0.271 e. The van der Waals surface area contributed by atoms with Gasteiger partial charge in [0.25, 0.3) is 5.69 Å². The molecule has 0 saturated heterocycles. The topological polar surface area (TPSA) is 84.8 Å². The summed E-state index contributed by atoms with van der Waals surface area (Å²) in [5.74, 6) is 0. The predicted molar refractivity (Wildman–Crippen MR) is 67.2 cm³/mol. The number of nitro benzene ring substituents is 1. The summed E-state index contributed by atoms with van der Waals surface area (Å²) in [5.41, 5.74) is 1.18. The van der Waals surface area contributed by atoms with Crippen LogP contribution in [0, 0.1) is 21.4 Å². The molecule has 2 rings (SSSR count). The van der Waals surface area contributed by atoms with E-state index in [0.29, 0.717) is 15.9 Å². The first-order chi connectivity index (χ1) is 8.61. The van der Waals surface area contributed by atoms with Crippen molar-refractivity contribution in [1.82, 2.24) is 9.78 Å². The first-order valence-corrected chi connectivity index (χ1v) is 5.77. The number of benzene rings is 1. The van der Waals surface area contributed by atoms with Gasteiger partial charge in [-0.15, -0.1) is 0 Å². The van der Waals surface area contributed by atoms with Crippen LogP contribution in [-0.4, -0.2) is 14.7 Å². The molecule has 0 aliphatic carbocycles. The van der Waals surface area contributed by atoms with E-state index in [-0.39, 0.29) is 12.1 Å². The summed E-state index contributed by atoms with van der Waals surface area (Å²) in [6.07, 6.45) is 1.86. The molecule has 2 aromatic rings. The van der Waals surface area contributed by atoms with Gasteiger partial charge in [-0.3, -0.25) is 10.1 Å². The Kier molecular flexibility index (Phi) is 3.39. The fourth-order valence-electron chi connectivity index (χ4n) is 1.46. The van der Waals surface area contributed by atoms with Gasteiger partial charge in [-0.05, 0) is 22.0 Å². The molecule has 0 fully saturated rings. The highest BCUT2D eigenvalue weighted by Crippen LogP contribution is 2.21. The molecule has 0 aliphatic heterocycles. The first kappa shape index (κ1) is 12.3. The van der Waals surface area contributed by atoms with E-state index < -0.39 is 4.92 Å². The zero-order chi connectivity index (χ0) is 13.1. The molecule has 0 N–H and O–H groups in total. The van der Waals surface area contributed by atoms with E-state index in [4.69, 9.17) is 5.26 Å². The van der Waals surface area contributed by atoms with Crippen LogP contribution >= 0.6 is 15.9 Å². The lowest BCUT2D eigenvalue weighted by Crippen LogP contribution is -1.97. The lowest BCUT2D eigenvalue weighted by Gasteiger charge is -2.00. The summed E-state index contributed by atoms with van der Waals surface area (Å²) in [4.78, 5) is 10.2. The summed E-state index contributed by atoms with van der Waals surface area (Å²) in [6, 6.07) is 8.15. The molecule has 0 spiro atoms. The Morgan fingerprint density at radius 3 is 3.00 bits per heavy atom. The van der Waals surface area contributed by atoms with E-state index >= 15 is 0 Å². The molecule has 0 atom stereocenters. The Labute approximate surface area is 111 Å². The largest absolute Gasteiger partial charge is 0.271 e. The van der Waals surface area contributed by atoms with Crippen molar-refractivity contribution < 1.29 is 4.92 Å². The lowest BCUT2D eigenvalue weighted by atomic mass is 10.3. The van der Waals surface area contributed by atoms with Gasteiger partial charge in [0.2, 0.25) is 0 Å². The maximum absolute atomic E-state index is 10.7. The summed E-state index contributed by atoms with van der Waals surface area (Å²) >= 11 is 3.29. The lowest BCUT2D eigenvalue weighted by molar-refractivity contribution is -0.384. The third-order valence-corrected chi connectivity index (χ3v) is 2.95. The van der Waals surface area contributed by atoms with Gasteiger partial charge in [0.15, 0.2) is 0 Å². The third kappa shape index (κ3) is 2.38. The Balaban J connectivity index is 2.43. The van der Waals surface area contributed by atoms with Crippen molar-refractivity contribution in [3.63, 3.8) is 0 Å². The molecule has 1 aromatic carbocycles. The van der Waals surface area contributed by atoms with Crippen molar-refractivity contribution in [3.05, 3.63) is 50.7 Å². The molecule has 0 saturated carbocycles. The highest BCUT2D eigenvalue weighted by atomic mass is 79.9. The number of nitro groups is 1. The summed E-state index contributed by atoms with van der Waals surface area (Å²) in [7, 11) is 0. The number of nitrogens with zero attached hydrogens (tertiary/aromatic N) is 4. The van der Waals surface area contributed by atoms with Gasteiger partial charge >= 0.3 is 0 Å². The van der Waals surface area contributed by atoms with Crippen molar-refractivity contribution in [3.8, 4) is 11.8 Å². The zero-order valence-corrected chi connectivity index (χ0v) is 10.7. The average molecular weight is 307 g/mol. The smallest absolute Gasteiger partial charge is 0.258 e. The van der Waals surface area contributed by atoms with Crippen molar-refractivity contribution >= 4 is 21.6 Å². The third-order valence-electron chi connectivity index (χ3n) is 2.29. The zero-order valence-electron chi connectivity index (χ0n) is 9.08. The molecular weight excluding hydrogens is 300 g/mol. The van der Waals surface area contributed by atoms with Crippen molar-refractivity contribution in [1.29, 1.82) is 5.26 Å². The van der Waals surface area contributed by atoms with E-state index in [9.17, 15) is 10.1 Å². The van der Waals surface area contributed by atoms with Gasteiger partial charge < -0.3 is 0 Å². The first-order valence-electron chi connectivity index (χ1n) is 4.97. The van der Waals surface area contributed by atoms with Crippen molar-refractivity contribution in [2.24, 2.45) is 0 Å². The second-order valence-electron chi connectivity index (χ2n) is 3.48. The minimum atomic E-state index is -0.460. The minimum Gasteiger partial charge on any atom is -0.258 e. The molecule has 0 bridgehead atoms. The quantitative estimate of drug-likeness (QED) is 0.644. The summed E-state index contributed by atoms with van der Waals surface area (Å²) in [6.45, 7) is 0. The van der Waals surface area contributed by atoms with Gasteiger partial charge in [-0.2, -0.15) is 10.4 Å². The van der Waals surface area contributed by atoms with Crippen molar-refractivity contribution in [2.45, 2.75) is 6.42 Å². The Morgan fingerprint density at radius 2 is 2.33 bits per heavy atom. The van der Waals surface area contributed by atoms with Gasteiger partial charge in [0, 0.05) is 18.3 Å². The van der Waals surface area contributed by atoms with Gasteiger partial charge in [-0.1, -0.05) is 6.07 Å². The molecule has 7 heteroatoms. The maximum atomic E-state index is 10.7. The van der Waals surface area contributed by atoms with Crippen LogP contribution in [-0.2, 0) is 6.42 Å². The van der Waals surface area contributed by atoms with Crippen LogP contribution in [0.15, 0.2) is 34.9 Å². The van der Waals surface area contributed by atoms with Crippen molar-refractivity contribution in [2.75, 3.05) is 0 Å². The Bertz CT molecular complexity index is 645. The number of hydrogen-bond donors (Lipinski definition) is 0. The highest BCUT2D eigenvalue weighted by Gasteiger charge is 2.10. The van der Waals surface area contributed by atoms with E-state index in [1.165, 1.54) is 16.8 Å². The Morgan fingerprint density at radius 1 is 1.56 bits per heavy atom.